The zero-order chi connectivity index (χ0) is 24.0. The number of carbonyl (C=O) groups excluding carboxylic acids is 2. The van der Waals surface area contributed by atoms with Gasteiger partial charge in [0.05, 0.1) is 0 Å². The van der Waals surface area contributed by atoms with Crippen LogP contribution in [0.2, 0.25) is 0 Å². The molecule has 0 saturated carbocycles. The van der Waals surface area contributed by atoms with Crippen LogP contribution in [0.3, 0.4) is 0 Å². The summed E-state index contributed by atoms with van der Waals surface area (Å²) < 4.78 is 1.65. The van der Waals surface area contributed by atoms with Gasteiger partial charge < -0.3 is 10.2 Å². The molecule has 1 aliphatic heterocycles. The van der Waals surface area contributed by atoms with Crippen LogP contribution in [-0.4, -0.2) is 17.4 Å². The first-order valence-corrected chi connectivity index (χ1v) is 12.4. The van der Waals surface area contributed by atoms with E-state index in [9.17, 15) is 9.59 Å². The highest BCUT2D eigenvalue weighted by atomic mass is 79.9. The van der Waals surface area contributed by atoms with Crippen LogP contribution in [0.4, 0.5) is 11.4 Å². The van der Waals surface area contributed by atoms with Crippen LogP contribution in [0, 0.1) is 0 Å². The molecule has 1 unspecified atom stereocenters. The van der Waals surface area contributed by atoms with E-state index in [0.717, 1.165) is 26.6 Å². The van der Waals surface area contributed by atoms with Gasteiger partial charge in [0.2, 0.25) is 5.91 Å². The lowest BCUT2D eigenvalue weighted by Gasteiger charge is -2.51. The third-order valence-electron chi connectivity index (χ3n) is 6.33. The molecule has 0 aromatic heterocycles. The predicted molar refractivity (Wildman–Crippen MR) is 141 cm³/mol. The van der Waals surface area contributed by atoms with Gasteiger partial charge in [0, 0.05) is 43.8 Å². The van der Waals surface area contributed by atoms with Crippen molar-refractivity contribution in [2.24, 2.45) is 0 Å². The van der Waals surface area contributed by atoms with Gasteiger partial charge in [-0.3, -0.25) is 9.59 Å². The number of carbonyl (C=O) groups is 2. The summed E-state index contributed by atoms with van der Waals surface area (Å²) in [4.78, 5) is 27.5. The molecular formula is C27H26Br2N2O2. The highest BCUT2D eigenvalue weighted by Gasteiger charge is 2.47. The summed E-state index contributed by atoms with van der Waals surface area (Å²) >= 11 is 6.88. The number of halogens is 2. The summed E-state index contributed by atoms with van der Waals surface area (Å²) in [6.07, 6.45) is 0.757. The molecule has 0 bridgehead atoms. The fourth-order valence-electron chi connectivity index (χ4n) is 5.16. The largest absolute Gasteiger partial charge is 0.322 e. The van der Waals surface area contributed by atoms with E-state index in [-0.39, 0.29) is 22.8 Å². The topological polar surface area (TPSA) is 49.4 Å². The second kappa shape index (κ2) is 8.73. The molecule has 1 heterocycles. The fraction of sp³-hybridized carbons (Fsp3) is 0.259. The van der Waals surface area contributed by atoms with Crippen molar-refractivity contribution in [2.45, 2.75) is 45.1 Å². The van der Waals surface area contributed by atoms with E-state index < -0.39 is 0 Å². The van der Waals surface area contributed by atoms with Gasteiger partial charge in [-0.25, -0.2) is 0 Å². The molecule has 2 amide bonds. The second-order valence-electron chi connectivity index (χ2n) is 9.39. The minimum absolute atomic E-state index is 0.00660. The normalized spacial score (nSPS) is 19.0. The van der Waals surface area contributed by atoms with Crippen molar-refractivity contribution in [1.82, 2.24) is 0 Å². The van der Waals surface area contributed by atoms with Crippen LogP contribution in [0.1, 0.15) is 55.6 Å². The van der Waals surface area contributed by atoms with Crippen LogP contribution in [0.15, 0.2) is 75.7 Å². The van der Waals surface area contributed by atoms with Crippen molar-refractivity contribution in [2.75, 3.05) is 10.2 Å². The summed E-state index contributed by atoms with van der Waals surface area (Å²) in [6.45, 7) is 8.05. The summed E-state index contributed by atoms with van der Waals surface area (Å²) in [5.74, 6) is -0.190. The molecule has 3 aromatic rings. The maximum absolute atomic E-state index is 13.0. The summed E-state index contributed by atoms with van der Waals surface area (Å²) in [5.41, 5.74) is 3.64. The molecule has 1 aliphatic rings. The number of benzene rings is 3. The van der Waals surface area contributed by atoms with Crippen molar-refractivity contribution >= 4 is 55.0 Å². The number of rotatable bonds is 3. The Balaban J connectivity index is 1.81. The van der Waals surface area contributed by atoms with Gasteiger partial charge in [-0.05, 0) is 67.8 Å². The molecule has 0 fully saturated rings. The number of nitrogens with zero attached hydrogens (tertiary/aromatic N) is 1. The van der Waals surface area contributed by atoms with E-state index in [4.69, 9.17) is 0 Å². The predicted octanol–water partition coefficient (Wildman–Crippen LogP) is 7.31. The average Bonchev–Trinajstić information content (AvgIpc) is 2.73. The maximum atomic E-state index is 13.0. The van der Waals surface area contributed by atoms with E-state index in [1.54, 1.807) is 19.1 Å². The number of fused-ring (bicyclic) bond motifs is 1. The maximum Gasteiger partial charge on any atom is 0.255 e. The first-order chi connectivity index (χ1) is 15.5. The van der Waals surface area contributed by atoms with Gasteiger partial charge in [-0.15, -0.1) is 0 Å². The zero-order valence-corrected chi connectivity index (χ0v) is 22.2. The number of hydrogen-bond acceptors (Lipinski definition) is 2. The second-order valence-corrected chi connectivity index (χ2v) is 11.2. The van der Waals surface area contributed by atoms with Gasteiger partial charge in [0.1, 0.15) is 0 Å². The Kier molecular flexibility index (Phi) is 6.27. The van der Waals surface area contributed by atoms with Gasteiger partial charge in [0.25, 0.3) is 5.91 Å². The number of anilines is 2. The van der Waals surface area contributed by atoms with Crippen LogP contribution in [0.5, 0.6) is 0 Å². The summed E-state index contributed by atoms with van der Waals surface area (Å²) in [5, 5.41) is 3.03. The van der Waals surface area contributed by atoms with Gasteiger partial charge in [-0.2, -0.15) is 0 Å². The third kappa shape index (κ3) is 4.51. The molecule has 3 aromatic carbocycles. The molecule has 1 atom stereocenters. The number of amides is 2. The first-order valence-electron chi connectivity index (χ1n) is 10.8. The molecule has 0 aliphatic carbocycles. The highest BCUT2D eigenvalue weighted by molar-refractivity contribution is 9.11. The molecule has 4 nitrogen and oxygen atoms in total. The standard InChI is InChI=1S/C27H26Br2N2O2/c1-17(32)31-24-11-10-22(30-25(33)18-12-20(28)14-21(29)13-18)15-23(24)27(4,16-26(31,2)3)19-8-6-5-7-9-19/h5-15H,16H2,1-4H3,(H,30,33). The van der Waals surface area contributed by atoms with Crippen molar-refractivity contribution in [3.05, 3.63) is 92.4 Å². The molecule has 170 valence electrons. The van der Waals surface area contributed by atoms with Gasteiger partial charge >= 0.3 is 0 Å². The molecule has 0 saturated heterocycles. The minimum atomic E-state index is -0.364. The lowest BCUT2D eigenvalue weighted by atomic mass is 9.65. The van der Waals surface area contributed by atoms with Gasteiger partial charge in [-0.1, -0.05) is 69.1 Å². The fourth-order valence-corrected chi connectivity index (χ4v) is 6.46. The molecule has 1 N–H and O–H groups in total. The Morgan fingerprint density at radius 1 is 0.909 bits per heavy atom. The number of hydrogen-bond donors (Lipinski definition) is 1. The quantitative estimate of drug-likeness (QED) is 0.359. The first kappa shape index (κ1) is 23.7. The van der Waals surface area contributed by atoms with Crippen LogP contribution in [0.25, 0.3) is 0 Å². The van der Waals surface area contributed by atoms with E-state index in [1.165, 1.54) is 5.56 Å². The zero-order valence-electron chi connectivity index (χ0n) is 19.1. The van der Waals surface area contributed by atoms with Crippen molar-refractivity contribution in [3.63, 3.8) is 0 Å². The van der Waals surface area contributed by atoms with Crippen molar-refractivity contribution in [3.8, 4) is 0 Å². The van der Waals surface area contributed by atoms with Gasteiger partial charge in [0.15, 0.2) is 0 Å². The van der Waals surface area contributed by atoms with Crippen LogP contribution < -0.4 is 10.2 Å². The summed E-state index contributed by atoms with van der Waals surface area (Å²) in [6, 6.07) is 21.6. The monoisotopic (exact) mass is 568 g/mol. The SMILES string of the molecule is CC(=O)N1c2ccc(NC(=O)c3cc(Br)cc(Br)c3)cc2C(C)(c2ccccc2)CC1(C)C. The molecular weight excluding hydrogens is 544 g/mol. The Labute approximate surface area is 211 Å². The van der Waals surface area contributed by atoms with E-state index in [2.05, 4.69) is 70.1 Å². The Morgan fingerprint density at radius 3 is 2.15 bits per heavy atom. The van der Waals surface area contributed by atoms with E-state index >= 15 is 0 Å². The molecule has 6 heteroatoms. The van der Waals surface area contributed by atoms with E-state index in [0.29, 0.717) is 11.3 Å². The smallest absolute Gasteiger partial charge is 0.255 e. The van der Waals surface area contributed by atoms with Crippen molar-refractivity contribution < 1.29 is 9.59 Å². The van der Waals surface area contributed by atoms with Crippen molar-refractivity contribution in [1.29, 1.82) is 0 Å². The summed E-state index contributed by atoms with van der Waals surface area (Å²) in [7, 11) is 0. The Bertz CT molecular complexity index is 1220. The lowest BCUT2D eigenvalue weighted by Crippen LogP contribution is -2.55. The third-order valence-corrected chi connectivity index (χ3v) is 7.25. The Morgan fingerprint density at radius 2 is 1.55 bits per heavy atom. The average molecular weight is 570 g/mol. The Hall–Kier alpha value is -2.44. The van der Waals surface area contributed by atoms with Crippen LogP contribution in [-0.2, 0) is 10.2 Å². The highest BCUT2D eigenvalue weighted by Crippen LogP contribution is 2.51. The minimum Gasteiger partial charge on any atom is -0.322 e. The molecule has 0 spiro atoms. The lowest BCUT2D eigenvalue weighted by molar-refractivity contribution is -0.117. The van der Waals surface area contributed by atoms with E-state index in [1.807, 2.05) is 47.4 Å². The number of nitrogens with one attached hydrogen (secondary N) is 1. The van der Waals surface area contributed by atoms with Crippen LogP contribution >= 0.6 is 31.9 Å². The molecule has 33 heavy (non-hydrogen) atoms. The molecule has 4 rings (SSSR count). The molecule has 0 radical (unpaired) electrons.